The summed E-state index contributed by atoms with van der Waals surface area (Å²) in [4.78, 5) is 26.6. The van der Waals surface area contributed by atoms with Gasteiger partial charge in [0.25, 0.3) is 5.56 Å². The first-order valence-electron chi connectivity index (χ1n) is 11.7. The maximum Gasteiger partial charge on any atom is 0.254 e. The number of ether oxygens (including phenoxy) is 3. The largest absolute Gasteiger partial charge is 0.497 e. The lowest BCUT2D eigenvalue weighted by atomic mass is 10.0. The Morgan fingerprint density at radius 1 is 0.861 bits per heavy atom. The molecule has 1 heterocycles. The minimum absolute atomic E-state index is 0.130. The molecule has 0 atom stereocenters. The van der Waals surface area contributed by atoms with Gasteiger partial charge in [0.15, 0.2) is 11.5 Å². The first-order valence-corrected chi connectivity index (χ1v) is 11.7. The number of anilines is 1. The highest BCUT2D eigenvalue weighted by atomic mass is 16.5. The number of rotatable bonds is 9. The molecule has 4 aromatic rings. The van der Waals surface area contributed by atoms with E-state index in [9.17, 15) is 9.59 Å². The summed E-state index contributed by atoms with van der Waals surface area (Å²) in [6.45, 7) is 1.83. The van der Waals surface area contributed by atoms with Gasteiger partial charge in [0.2, 0.25) is 5.91 Å². The van der Waals surface area contributed by atoms with Crippen LogP contribution in [0.1, 0.15) is 16.7 Å². The number of nitrogens with zero attached hydrogens (tertiary/aromatic N) is 1. The van der Waals surface area contributed by atoms with Gasteiger partial charge in [-0.15, -0.1) is 0 Å². The smallest absolute Gasteiger partial charge is 0.254 e. The molecule has 186 valence electrons. The van der Waals surface area contributed by atoms with Crippen molar-refractivity contribution in [3.8, 4) is 17.2 Å². The molecule has 1 aromatic heterocycles. The molecule has 0 unspecified atom stereocenters. The summed E-state index contributed by atoms with van der Waals surface area (Å²) in [6, 6.07) is 20.8. The Bertz CT molecular complexity index is 1440. The predicted molar refractivity (Wildman–Crippen MR) is 142 cm³/mol. The highest BCUT2D eigenvalue weighted by molar-refractivity contribution is 5.92. The second kappa shape index (κ2) is 11.0. The number of aromatic nitrogens is 1. The van der Waals surface area contributed by atoms with Crippen LogP contribution in [0.25, 0.3) is 10.9 Å². The highest BCUT2D eigenvalue weighted by Gasteiger charge is 2.16. The molecule has 4 rings (SSSR count). The van der Waals surface area contributed by atoms with Gasteiger partial charge in [-0.05, 0) is 67.3 Å². The fourth-order valence-corrected chi connectivity index (χ4v) is 4.24. The SMILES string of the molecule is COc1ccc(CCc2cc3cc(OC)c(OC)cc3n(CC(=O)Nc3cccc(C)c3)c2=O)cc1. The van der Waals surface area contributed by atoms with E-state index in [2.05, 4.69) is 5.32 Å². The maximum absolute atomic E-state index is 13.6. The monoisotopic (exact) mass is 486 g/mol. The van der Waals surface area contributed by atoms with E-state index in [4.69, 9.17) is 14.2 Å². The number of methoxy groups -OCH3 is 3. The fourth-order valence-electron chi connectivity index (χ4n) is 4.24. The molecule has 0 saturated heterocycles. The van der Waals surface area contributed by atoms with E-state index in [0.717, 1.165) is 22.3 Å². The van der Waals surface area contributed by atoms with E-state index in [0.29, 0.717) is 41.1 Å². The summed E-state index contributed by atoms with van der Waals surface area (Å²) in [5.41, 5.74) is 3.83. The summed E-state index contributed by atoms with van der Waals surface area (Å²) in [6.07, 6.45) is 1.20. The van der Waals surface area contributed by atoms with Crippen molar-refractivity contribution >= 4 is 22.5 Å². The quantitative estimate of drug-likeness (QED) is 0.369. The van der Waals surface area contributed by atoms with Gasteiger partial charge in [-0.25, -0.2) is 0 Å². The first-order chi connectivity index (χ1) is 17.4. The number of hydrogen-bond donors (Lipinski definition) is 1. The Hall–Kier alpha value is -4.26. The number of carbonyl (C=O) groups excluding carboxylic acids is 1. The standard InChI is InChI=1S/C29H30N2O5/c1-19-6-5-7-23(14-19)30-28(32)18-31-25-17-27(36-4)26(35-3)16-22(25)15-21(29(31)33)11-8-20-9-12-24(34-2)13-10-20/h5-7,9-10,12-17H,8,11,18H2,1-4H3,(H,30,32). The van der Waals surface area contributed by atoms with Crippen molar-refractivity contribution in [3.05, 3.63) is 93.8 Å². The average Bonchev–Trinajstić information content (AvgIpc) is 2.88. The lowest BCUT2D eigenvalue weighted by molar-refractivity contribution is -0.116. The van der Waals surface area contributed by atoms with Gasteiger partial charge in [0, 0.05) is 22.7 Å². The summed E-state index contributed by atoms with van der Waals surface area (Å²) >= 11 is 0. The van der Waals surface area contributed by atoms with Gasteiger partial charge in [-0.2, -0.15) is 0 Å². The van der Waals surface area contributed by atoms with E-state index >= 15 is 0 Å². The Balaban J connectivity index is 1.71. The van der Waals surface area contributed by atoms with Crippen LogP contribution < -0.4 is 25.1 Å². The molecule has 0 bridgehead atoms. The van der Waals surface area contributed by atoms with Crippen LogP contribution in [-0.4, -0.2) is 31.8 Å². The van der Waals surface area contributed by atoms with E-state index in [1.165, 1.54) is 4.57 Å². The van der Waals surface area contributed by atoms with Crippen LogP contribution in [0.15, 0.2) is 71.5 Å². The second-order valence-corrected chi connectivity index (χ2v) is 8.59. The predicted octanol–water partition coefficient (Wildman–Crippen LogP) is 4.76. The fraction of sp³-hybridized carbons (Fsp3) is 0.241. The number of fused-ring (bicyclic) bond motifs is 1. The molecule has 0 radical (unpaired) electrons. The normalized spacial score (nSPS) is 10.8. The van der Waals surface area contributed by atoms with Crippen molar-refractivity contribution in [2.45, 2.75) is 26.3 Å². The molecule has 36 heavy (non-hydrogen) atoms. The molecule has 0 aliphatic heterocycles. The average molecular weight is 487 g/mol. The zero-order chi connectivity index (χ0) is 25.7. The van der Waals surface area contributed by atoms with Crippen LogP contribution >= 0.6 is 0 Å². The number of hydrogen-bond acceptors (Lipinski definition) is 5. The molecule has 0 saturated carbocycles. The van der Waals surface area contributed by atoms with Gasteiger partial charge in [-0.1, -0.05) is 24.3 Å². The second-order valence-electron chi connectivity index (χ2n) is 8.59. The molecular weight excluding hydrogens is 456 g/mol. The van der Waals surface area contributed by atoms with Crippen LogP contribution in [0, 0.1) is 6.92 Å². The van der Waals surface area contributed by atoms with E-state index in [1.54, 1.807) is 27.4 Å². The minimum atomic E-state index is -0.286. The Labute approximate surface area is 210 Å². The molecule has 0 spiro atoms. The molecule has 1 amide bonds. The third-order valence-corrected chi connectivity index (χ3v) is 6.12. The topological polar surface area (TPSA) is 78.8 Å². The molecule has 0 aliphatic carbocycles. The summed E-state index contributed by atoms with van der Waals surface area (Å²) < 4.78 is 17.7. The Kier molecular flexibility index (Phi) is 7.59. The summed E-state index contributed by atoms with van der Waals surface area (Å²) in [7, 11) is 4.74. The first kappa shape index (κ1) is 24.9. The van der Waals surface area contributed by atoms with Crippen molar-refractivity contribution in [2.24, 2.45) is 0 Å². The zero-order valence-electron chi connectivity index (χ0n) is 21.0. The lowest BCUT2D eigenvalue weighted by Crippen LogP contribution is -2.30. The van der Waals surface area contributed by atoms with Gasteiger partial charge < -0.3 is 19.5 Å². The molecule has 0 fully saturated rings. The van der Waals surface area contributed by atoms with Crippen LogP contribution in [0.4, 0.5) is 5.69 Å². The van der Waals surface area contributed by atoms with Crippen molar-refractivity contribution < 1.29 is 19.0 Å². The highest BCUT2D eigenvalue weighted by Crippen LogP contribution is 2.32. The molecule has 7 nitrogen and oxygen atoms in total. The van der Waals surface area contributed by atoms with Crippen LogP contribution in [-0.2, 0) is 24.2 Å². The Morgan fingerprint density at radius 3 is 2.25 bits per heavy atom. The number of benzene rings is 3. The molecule has 0 aliphatic rings. The van der Waals surface area contributed by atoms with Gasteiger partial charge in [0.1, 0.15) is 12.3 Å². The van der Waals surface area contributed by atoms with Crippen molar-refractivity contribution in [2.75, 3.05) is 26.6 Å². The summed E-state index contributed by atoms with van der Waals surface area (Å²) in [5.74, 6) is 1.54. The molecule has 1 N–H and O–H groups in total. The van der Waals surface area contributed by atoms with Gasteiger partial charge >= 0.3 is 0 Å². The van der Waals surface area contributed by atoms with Crippen molar-refractivity contribution in [1.82, 2.24) is 4.57 Å². The number of nitrogens with one attached hydrogen (secondary N) is 1. The van der Waals surface area contributed by atoms with Crippen molar-refractivity contribution in [3.63, 3.8) is 0 Å². The van der Waals surface area contributed by atoms with Crippen molar-refractivity contribution in [1.29, 1.82) is 0 Å². The number of amides is 1. The Morgan fingerprint density at radius 2 is 1.58 bits per heavy atom. The van der Waals surface area contributed by atoms with Gasteiger partial charge in [0.05, 0.1) is 26.8 Å². The van der Waals surface area contributed by atoms with Crippen LogP contribution in [0.5, 0.6) is 17.2 Å². The van der Waals surface area contributed by atoms with Crippen LogP contribution in [0.2, 0.25) is 0 Å². The van der Waals surface area contributed by atoms with Gasteiger partial charge in [-0.3, -0.25) is 14.2 Å². The van der Waals surface area contributed by atoms with Crippen LogP contribution in [0.3, 0.4) is 0 Å². The number of pyridine rings is 1. The third-order valence-electron chi connectivity index (χ3n) is 6.12. The number of aryl methyl sites for hydroxylation is 3. The van der Waals surface area contributed by atoms with E-state index in [1.807, 2.05) is 67.6 Å². The molecule has 7 heteroatoms. The maximum atomic E-state index is 13.6. The zero-order valence-corrected chi connectivity index (χ0v) is 21.0. The molecule has 3 aromatic carbocycles. The molecular formula is C29H30N2O5. The third kappa shape index (κ3) is 5.51. The minimum Gasteiger partial charge on any atom is -0.497 e. The summed E-state index contributed by atoms with van der Waals surface area (Å²) in [5, 5.41) is 3.69. The van der Waals surface area contributed by atoms with E-state index < -0.39 is 0 Å². The lowest BCUT2D eigenvalue weighted by Gasteiger charge is -2.16. The van der Waals surface area contributed by atoms with E-state index in [-0.39, 0.29) is 18.0 Å². The number of carbonyl (C=O) groups is 1.